The van der Waals surface area contributed by atoms with Gasteiger partial charge in [0.15, 0.2) is 0 Å². The largest absolute Gasteiger partial charge is 0.507 e. The smallest absolute Gasteiger partial charge is 0.275 e. The minimum absolute atomic E-state index is 0.0866. The van der Waals surface area contributed by atoms with Gasteiger partial charge in [-0.25, -0.2) is 5.43 Å². The minimum atomic E-state index is -0.476. The summed E-state index contributed by atoms with van der Waals surface area (Å²) < 4.78 is 5.76. The molecule has 2 N–H and O–H groups in total. The monoisotopic (exact) mass is 346 g/mol. The quantitative estimate of drug-likeness (QED) is 0.528. The molecule has 0 aromatic heterocycles. The van der Waals surface area contributed by atoms with Crippen molar-refractivity contribution in [1.29, 1.82) is 0 Å². The highest BCUT2D eigenvalue weighted by atomic mass is 16.5. The van der Waals surface area contributed by atoms with E-state index in [1.165, 1.54) is 18.3 Å². The summed E-state index contributed by atoms with van der Waals surface area (Å²) in [4.78, 5) is 12.0. The van der Waals surface area contributed by atoms with E-state index in [9.17, 15) is 9.90 Å². The van der Waals surface area contributed by atoms with Crippen molar-refractivity contribution in [3.8, 4) is 11.5 Å². The van der Waals surface area contributed by atoms with Gasteiger partial charge in [-0.3, -0.25) is 4.79 Å². The number of para-hydroxylation sites is 1. The lowest BCUT2D eigenvalue weighted by Crippen LogP contribution is -2.17. The zero-order chi connectivity index (χ0) is 18.2. The maximum atomic E-state index is 12.0. The molecule has 5 nitrogen and oxygen atoms in total. The van der Waals surface area contributed by atoms with Crippen LogP contribution in [0.3, 0.4) is 0 Å². The first-order valence-corrected chi connectivity index (χ1v) is 8.10. The number of amides is 1. The van der Waals surface area contributed by atoms with Crippen LogP contribution < -0.4 is 10.2 Å². The fourth-order valence-electron chi connectivity index (χ4n) is 2.32. The molecule has 0 unspecified atom stereocenters. The average Bonchev–Trinajstić information content (AvgIpc) is 2.68. The SMILES string of the molecule is O=C(N/N=C\c1cccc(OCc2ccccc2)c1)c1ccccc1O. The third-order valence-electron chi connectivity index (χ3n) is 3.63. The molecule has 0 aliphatic heterocycles. The van der Waals surface area contributed by atoms with Crippen LogP contribution in [0, 0.1) is 0 Å². The third-order valence-corrected chi connectivity index (χ3v) is 3.63. The Balaban J connectivity index is 1.59. The molecule has 0 bridgehead atoms. The van der Waals surface area contributed by atoms with Crippen molar-refractivity contribution in [2.24, 2.45) is 5.10 Å². The summed E-state index contributed by atoms with van der Waals surface area (Å²) in [5, 5.41) is 13.6. The maximum absolute atomic E-state index is 12.0. The lowest BCUT2D eigenvalue weighted by Gasteiger charge is -2.06. The third kappa shape index (κ3) is 4.70. The standard InChI is InChI=1S/C21H18N2O3/c24-20-12-5-4-11-19(20)21(25)23-22-14-17-9-6-10-18(13-17)26-15-16-7-2-1-3-8-16/h1-14,24H,15H2,(H,23,25)/b22-14-. The van der Waals surface area contributed by atoms with E-state index in [2.05, 4.69) is 10.5 Å². The van der Waals surface area contributed by atoms with Crippen molar-refractivity contribution in [3.05, 3.63) is 95.6 Å². The summed E-state index contributed by atoms with van der Waals surface area (Å²) in [6.45, 7) is 0.478. The van der Waals surface area contributed by atoms with E-state index >= 15 is 0 Å². The number of nitrogens with one attached hydrogen (secondary N) is 1. The maximum Gasteiger partial charge on any atom is 0.275 e. The molecule has 0 saturated carbocycles. The van der Waals surface area contributed by atoms with Crippen molar-refractivity contribution >= 4 is 12.1 Å². The Morgan fingerprint density at radius 3 is 2.58 bits per heavy atom. The molecule has 3 rings (SSSR count). The van der Waals surface area contributed by atoms with Crippen LogP contribution in [0.1, 0.15) is 21.5 Å². The van der Waals surface area contributed by atoms with Crippen molar-refractivity contribution in [1.82, 2.24) is 5.43 Å². The van der Waals surface area contributed by atoms with Crippen molar-refractivity contribution in [3.63, 3.8) is 0 Å². The van der Waals surface area contributed by atoms with Crippen LogP contribution in [0.2, 0.25) is 0 Å². The minimum Gasteiger partial charge on any atom is -0.507 e. The first-order chi connectivity index (χ1) is 12.7. The van der Waals surface area contributed by atoms with Gasteiger partial charge in [-0.2, -0.15) is 5.10 Å². The molecule has 0 saturated heterocycles. The Labute approximate surface area is 151 Å². The van der Waals surface area contributed by atoms with Crippen LogP contribution in [0.4, 0.5) is 0 Å². The van der Waals surface area contributed by atoms with E-state index in [0.717, 1.165) is 11.1 Å². The van der Waals surface area contributed by atoms with E-state index in [-0.39, 0.29) is 11.3 Å². The molecule has 0 heterocycles. The predicted molar refractivity (Wildman–Crippen MR) is 100 cm³/mol. The highest BCUT2D eigenvalue weighted by molar-refractivity contribution is 5.97. The number of nitrogens with zero attached hydrogens (tertiary/aromatic N) is 1. The van der Waals surface area contributed by atoms with Gasteiger partial charge in [0.25, 0.3) is 5.91 Å². The zero-order valence-corrected chi connectivity index (χ0v) is 14.0. The lowest BCUT2D eigenvalue weighted by molar-refractivity contribution is 0.0952. The Kier molecular flexibility index (Phi) is 5.62. The number of hydrogen-bond acceptors (Lipinski definition) is 4. The number of carbonyl (C=O) groups excluding carboxylic acids is 1. The molecular weight excluding hydrogens is 328 g/mol. The second kappa shape index (κ2) is 8.48. The molecule has 130 valence electrons. The molecule has 3 aromatic rings. The molecule has 3 aromatic carbocycles. The summed E-state index contributed by atoms with van der Waals surface area (Å²) in [7, 11) is 0. The first-order valence-electron chi connectivity index (χ1n) is 8.10. The van der Waals surface area contributed by atoms with E-state index in [0.29, 0.717) is 12.4 Å². The van der Waals surface area contributed by atoms with Crippen LogP contribution in [0.15, 0.2) is 84.0 Å². The topological polar surface area (TPSA) is 70.9 Å². The summed E-state index contributed by atoms with van der Waals surface area (Å²) >= 11 is 0. The molecule has 0 radical (unpaired) electrons. The van der Waals surface area contributed by atoms with Crippen LogP contribution in [0.25, 0.3) is 0 Å². The number of hydrogen-bond donors (Lipinski definition) is 2. The number of rotatable bonds is 6. The number of carbonyl (C=O) groups is 1. The second-order valence-corrected chi connectivity index (χ2v) is 5.56. The summed E-state index contributed by atoms with van der Waals surface area (Å²) in [6, 6.07) is 23.6. The van der Waals surface area contributed by atoms with Crippen LogP contribution in [0.5, 0.6) is 11.5 Å². The van der Waals surface area contributed by atoms with Gasteiger partial charge in [0.2, 0.25) is 0 Å². The molecule has 0 spiro atoms. The number of ether oxygens (including phenoxy) is 1. The van der Waals surface area contributed by atoms with Crippen LogP contribution in [-0.2, 0) is 6.61 Å². The van der Waals surface area contributed by atoms with E-state index in [1.54, 1.807) is 12.1 Å². The van der Waals surface area contributed by atoms with Gasteiger partial charge < -0.3 is 9.84 Å². The Morgan fingerprint density at radius 2 is 1.77 bits per heavy atom. The number of benzene rings is 3. The molecule has 1 amide bonds. The second-order valence-electron chi connectivity index (χ2n) is 5.56. The molecule has 0 aliphatic rings. The van der Waals surface area contributed by atoms with Gasteiger partial charge in [0.05, 0.1) is 11.8 Å². The zero-order valence-electron chi connectivity index (χ0n) is 14.0. The Bertz CT molecular complexity index is 908. The molecule has 0 atom stereocenters. The highest BCUT2D eigenvalue weighted by Crippen LogP contribution is 2.16. The van der Waals surface area contributed by atoms with Gasteiger partial charge in [0, 0.05) is 0 Å². The molecule has 0 aliphatic carbocycles. The van der Waals surface area contributed by atoms with Gasteiger partial charge >= 0.3 is 0 Å². The highest BCUT2D eigenvalue weighted by Gasteiger charge is 2.08. The number of phenols is 1. The number of hydrazone groups is 1. The summed E-state index contributed by atoms with van der Waals surface area (Å²) in [5.41, 5.74) is 4.44. The van der Waals surface area contributed by atoms with E-state index in [1.807, 2.05) is 54.6 Å². The van der Waals surface area contributed by atoms with E-state index < -0.39 is 5.91 Å². The number of phenolic OH excluding ortho intramolecular Hbond substituents is 1. The Morgan fingerprint density at radius 1 is 1.00 bits per heavy atom. The van der Waals surface area contributed by atoms with Crippen molar-refractivity contribution in [2.45, 2.75) is 6.61 Å². The van der Waals surface area contributed by atoms with Gasteiger partial charge in [-0.05, 0) is 35.4 Å². The summed E-state index contributed by atoms with van der Waals surface area (Å²) in [5.74, 6) is 0.150. The van der Waals surface area contributed by atoms with Crippen molar-refractivity contribution in [2.75, 3.05) is 0 Å². The molecular formula is C21H18N2O3. The fraction of sp³-hybridized carbons (Fsp3) is 0.0476. The first kappa shape index (κ1) is 17.2. The van der Waals surface area contributed by atoms with Crippen LogP contribution >= 0.6 is 0 Å². The molecule has 5 heteroatoms. The predicted octanol–water partition coefficient (Wildman–Crippen LogP) is 3.74. The van der Waals surface area contributed by atoms with Gasteiger partial charge in [0.1, 0.15) is 18.1 Å². The van der Waals surface area contributed by atoms with Crippen LogP contribution in [-0.4, -0.2) is 17.2 Å². The summed E-state index contributed by atoms with van der Waals surface area (Å²) in [6.07, 6.45) is 1.52. The van der Waals surface area contributed by atoms with E-state index in [4.69, 9.17) is 4.74 Å². The lowest BCUT2D eigenvalue weighted by atomic mass is 10.2. The van der Waals surface area contributed by atoms with Crippen molar-refractivity contribution < 1.29 is 14.6 Å². The van der Waals surface area contributed by atoms with Gasteiger partial charge in [-0.15, -0.1) is 0 Å². The molecule has 26 heavy (non-hydrogen) atoms. The average molecular weight is 346 g/mol. The fourth-order valence-corrected chi connectivity index (χ4v) is 2.32. The normalized spacial score (nSPS) is 10.6. The molecule has 0 fully saturated rings. The Hall–Kier alpha value is -3.60. The number of aromatic hydroxyl groups is 1. The van der Waals surface area contributed by atoms with Gasteiger partial charge in [-0.1, -0.05) is 54.6 Å².